The van der Waals surface area contributed by atoms with Crippen molar-refractivity contribution in [1.29, 1.82) is 0 Å². The normalized spacial score (nSPS) is 16.1. The molecular weight excluding hydrogens is 388 g/mol. The van der Waals surface area contributed by atoms with E-state index in [0.29, 0.717) is 16.5 Å². The van der Waals surface area contributed by atoms with Crippen LogP contribution in [-0.4, -0.2) is 24.5 Å². The molecule has 1 N–H and O–H groups in total. The van der Waals surface area contributed by atoms with Crippen molar-refractivity contribution in [3.63, 3.8) is 0 Å². The van der Waals surface area contributed by atoms with Crippen LogP contribution in [0.25, 0.3) is 0 Å². The average molecular weight is 415 g/mol. The minimum absolute atomic E-state index is 0.107. The first-order chi connectivity index (χ1) is 13.7. The first kappa shape index (κ1) is 21.2. The summed E-state index contributed by atoms with van der Waals surface area (Å²) in [5, 5.41) is 3.54. The number of amides is 2. The number of nitrogens with zero attached hydrogens (tertiary/aromatic N) is 1. The van der Waals surface area contributed by atoms with Gasteiger partial charge in [0.1, 0.15) is 12.3 Å². The largest absolute Gasteiger partial charge is 0.479 e. The number of hydrogen-bond acceptors (Lipinski definition) is 3. The van der Waals surface area contributed by atoms with Crippen LogP contribution >= 0.6 is 11.6 Å². The molecule has 0 fully saturated rings. The van der Waals surface area contributed by atoms with Crippen LogP contribution in [0.15, 0.2) is 36.4 Å². The predicted octanol–water partition coefficient (Wildman–Crippen LogP) is 5.34. The summed E-state index contributed by atoms with van der Waals surface area (Å²) in [5.74, 6) is 0.534. The molecule has 2 aromatic rings. The average Bonchev–Trinajstić information content (AvgIpc) is 2.65. The Hall–Kier alpha value is -2.53. The lowest BCUT2D eigenvalue weighted by Gasteiger charge is -2.33. The van der Waals surface area contributed by atoms with Crippen molar-refractivity contribution < 1.29 is 14.3 Å². The third-order valence-electron chi connectivity index (χ3n) is 5.07. The van der Waals surface area contributed by atoms with Crippen molar-refractivity contribution in [3.8, 4) is 5.75 Å². The molecule has 1 atom stereocenters. The fourth-order valence-corrected chi connectivity index (χ4v) is 3.73. The van der Waals surface area contributed by atoms with Gasteiger partial charge in [0.15, 0.2) is 6.10 Å². The summed E-state index contributed by atoms with van der Waals surface area (Å²) in [5.41, 5.74) is 3.50. The number of anilines is 2. The molecule has 0 radical (unpaired) electrons. The summed E-state index contributed by atoms with van der Waals surface area (Å²) >= 11 is 6.11. The summed E-state index contributed by atoms with van der Waals surface area (Å²) in [4.78, 5) is 27.2. The molecule has 0 saturated carbocycles. The van der Waals surface area contributed by atoms with E-state index in [1.807, 2.05) is 18.2 Å². The van der Waals surface area contributed by atoms with Gasteiger partial charge < -0.3 is 10.1 Å². The molecule has 0 spiro atoms. The highest BCUT2D eigenvalue weighted by Crippen LogP contribution is 2.36. The fourth-order valence-electron chi connectivity index (χ4n) is 3.56. The van der Waals surface area contributed by atoms with Crippen molar-refractivity contribution >= 4 is 34.8 Å². The first-order valence-electron chi connectivity index (χ1n) is 9.89. The molecule has 1 aliphatic rings. The van der Waals surface area contributed by atoms with Crippen LogP contribution in [0.5, 0.6) is 5.75 Å². The Morgan fingerprint density at radius 3 is 2.34 bits per heavy atom. The molecule has 1 unspecified atom stereocenters. The number of nitrogens with one attached hydrogen (secondary N) is 1. The molecule has 29 heavy (non-hydrogen) atoms. The van der Waals surface area contributed by atoms with Gasteiger partial charge in [-0.15, -0.1) is 0 Å². The van der Waals surface area contributed by atoms with Gasteiger partial charge in [0.2, 0.25) is 5.91 Å². The highest BCUT2D eigenvalue weighted by molar-refractivity contribution is 6.31. The van der Waals surface area contributed by atoms with E-state index in [1.54, 1.807) is 25.1 Å². The molecule has 0 aliphatic carbocycles. The van der Waals surface area contributed by atoms with E-state index in [0.717, 1.165) is 16.8 Å². The predicted molar refractivity (Wildman–Crippen MR) is 117 cm³/mol. The van der Waals surface area contributed by atoms with E-state index in [-0.39, 0.29) is 30.2 Å². The number of benzene rings is 2. The Bertz CT molecular complexity index is 913. The summed E-state index contributed by atoms with van der Waals surface area (Å²) in [6.45, 7) is 9.96. The molecule has 2 aromatic carbocycles. The second-order valence-electron chi connectivity index (χ2n) is 7.97. The Kier molecular flexibility index (Phi) is 6.18. The lowest BCUT2D eigenvalue weighted by molar-refractivity contribution is -0.127. The van der Waals surface area contributed by atoms with Gasteiger partial charge in [-0.05, 0) is 48.1 Å². The molecule has 0 bridgehead atoms. The second-order valence-corrected chi connectivity index (χ2v) is 8.40. The van der Waals surface area contributed by atoms with Gasteiger partial charge >= 0.3 is 0 Å². The summed E-state index contributed by atoms with van der Waals surface area (Å²) in [6.07, 6.45) is -0.661. The monoisotopic (exact) mass is 414 g/mol. The quantitative estimate of drug-likeness (QED) is 0.718. The van der Waals surface area contributed by atoms with Gasteiger partial charge in [-0.25, -0.2) is 0 Å². The maximum atomic E-state index is 13.0. The van der Waals surface area contributed by atoms with Gasteiger partial charge in [0.25, 0.3) is 5.91 Å². The number of hydrogen-bond donors (Lipinski definition) is 1. The number of carbonyl (C=O) groups excluding carboxylic acids is 2. The van der Waals surface area contributed by atoms with Gasteiger partial charge in [0.05, 0.1) is 5.69 Å². The topological polar surface area (TPSA) is 58.6 Å². The zero-order chi connectivity index (χ0) is 21.3. The summed E-state index contributed by atoms with van der Waals surface area (Å²) in [7, 11) is 0. The minimum atomic E-state index is -0.661. The van der Waals surface area contributed by atoms with Crippen LogP contribution in [0.3, 0.4) is 0 Å². The number of ether oxygens (including phenoxy) is 1. The lowest BCUT2D eigenvalue weighted by atomic mass is 9.92. The molecule has 154 valence electrons. The van der Waals surface area contributed by atoms with Crippen molar-refractivity contribution in [2.24, 2.45) is 0 Å². The highest BCUT2D eigenvalue weighted by atomic mass is 35.5. The lowest BCUT2D eigenvalue weighted by Crippen LogP contribution is -2.47. The molecule has 1 heterocycles. The Balaban J connectivity index is 1.91. The van der Waals surface area contributed by atoms with E-state index in [4.69, 9.17) is 16.3 Å². The Morgan fingerprint density at radius 1 is 1.14 bits per heavy atom. The van der Waals surface area contributed by atoms with Crippen LogP contribution in [0.2, 0.25) is 5.02 Å². The van der Waals surface area contributed by atoms with Crippen LogP contribution in [0, 0.1) is 0 Å². The summed E-state index contributed by atoms with van der Waals surface area (Å²) < 4.78 is 5.65. The second kappa shape index (κ2) is 8.46. The SMILES string of the molecule is CC1Oc2ccc(Cl)cc2N(CC(=O)Nc2c(C(C)C)cccc2C(C)C)C1=O. The standard InChI is InChI=1S/C23H27ClN2O3/c1-13(2)17-7-6-8-18(14(3)4)22(17)25-21(27)12-26-19-11-16(24)9-10-20(19)29-15(5)23(26)28/h6-11,13-15H,12H2,1-5H3,(H,25,27). The number of para-hydroxylation sites is 1. The molecule has 5 nitrogen and oxygen atoms in total. The van der Waals surface area contributed by atoms with E-state index in [9.17, 15) is 9.59 Å². The van der Waals surface area contributed by atoms with E-state index in [2.05, 4.69) is 33.0 Å². The molecule has 6 heteroatoms. The Morgan fingerprint density at radius 2 is 1.76 bits per heavy atom. The highest BCUT2D eigenvalue weighted by Gasteiger charge is 2.33. The maximum Gasteiger partial charge on any atom is 0.268 e. The first-order valence-corrected chi connectivity index (χ1v) is 10.3. The summed E-state index contributed by atoms with van der Waals surface area (Å²) in [6, 6.07) is 11.2. The smallest absolute Gasteiger partial charge is 0.268 e. The zero-order valence-electron chi connectivity index (χ0n) is 17.5. The van der Waals surface area contributed by atoms with Crippen molar-refractivity contribution in [2.45, 2.75) is 52.6 Å². The molecule has 1 aliphatic heterocycles. The number of rotatable bonds is 5. The van der Waals surface area contributed by atoms with E-state index >= 15 is 0 Å². The molecule has 3 rings (SSSR count). The zero-order valence-corrected chi connectivity index (χ0v) is 18.2. The van der Waals surface area contributed by atoms with Crippen molar-refractivity contribution in [1.82, 2.24) is 0 Å². The molecule has 0 aromatic heterocycles. The van der Waals surface area contributed by atoms with Crippen molar-refractivity contribution in [2.75, 3.05) is 16.8 Å². The van der Waals surface area contributed by atoms with Gasteiger partial charge in [-0.3, -0.25) is 14.5 Å². The van der Waals surface area contributed by atoms with Gasteiger partial charge in [0, 0.05) is 10.7 Å². The number of halogens is 1. The molecule has 0 saturated heterocycles. The third kappa shape index (κ3) is 4.40. The molecule has 2 amide bonds. The maximum absolute atomic E-state index is 13.0. The fraction of sp³-hybridized carbons (Fsp3) is 0.391. The van der Waals surface area contributed by atoms with Crippen LogP contribution in [-0.2, 0) is 9.59 Å². The van der Waals surface area contributed by atoms with Crippen LogP contribution < -0.4 is 15.0 Å². The van der Waals surface area contributed by atoms with Crippen LogP contribution in [0.4, 0.5) is 11.4 Å². The van der Waals surface area contributed by atoms with E-state index < -0.39 is 6.10 Å². The van der Waals surface area contributed by atoms with E-state index in [1.165, 1.54) is 4.90 Å². The van der Waals surface area contributed by atoms with Crippen molar-refractivity contribution in [3.05, 3.63) is 52.5 Å². The number of fused-ring (bicyclic) bond motifs is 1. The number of carbonyl (C=O) groups is 2. The van der Waals surface area contributed by atoms with Gasteiger partial charge in [-0.1, -0.05) is 57.5 Å². The Labute approximate surface area is 177 Å². The minimum Gasteiger partial charge on any atom is -0.479 e. The van der Waals surface area contributed by atoms with Crippen LogP contribution in [0.1, 0.15) is 57.6 Å². The van der Waals surface area contributed by atoms with Gasteiger partial charge in [-0.2, -0.15) is 0 Å². The third-order valence-corrected chi connectivity index (χ3v) is 5.30. The molecular formula is C23H27ClN2O3.